The Kier molecular flexibility index (Phi) is 5.04. The van der Waals surface area contributed by atoms with Gasteiger partial charge in [-0.15, -0.1) is 0 Å². The second-order valence-corrected chi connectivity index (χ2v) is 7.99. The molecule has 28 heavy (non-hydrogen) atoms. The summed E-state index contributed by atoms with van der Waals surface area (Å²) in [5.41, 5.74) is 2.71. The highest BCUT2D eigenvalue weighted by molar-refractivity contribution is 7.22. The molecule has 0 bridgehead atoms. The summed E-state index contributed by atoms with van der Waals surface area (Å²) in [5, 5.41) is 3.57. The van der Waals surface area contributed by atoms with Crippen LogP contribution in [0.25, 0.3) is 10.2 Å². The molecule has 1 N–H and O–H groups in total. The predicted molar refractivity (Wildman–Crippen MR) is 108 cm³/mol. The first-order chi connectivity index (χ1) is 13.5. The number of hydrogen-bond donors (Lipinski definition) is 1. The monoisotopic (exact) mass is 395 g/mol. The van der Waals surface area contributed by atoms with E-state index in [0.717, 1.165) is 27.4 Å². The lowest BCUT2D eigenvalue weighted by atomic mass is 10.1. The first-order valence-corrected chi connectivity index (χ1v) is 10.1. The zero-order valence-corrected chi connectivity index (χ0v) is 16.6. The Balaban J connectivity index is 1.36. The average molecular weight is 395 g/mol. The highest BCUT2D eigenvalue weighted by atomic mass is 32.1. The number of carbonyl (C=O) groups excluding carboxylic acids is 2. The van der Waals surface area contributed by atoms with Crippen molar-refractivity contribution < 1.29 is 9.59 Å². The fraction of sp³-hybridized carbons (Fsp3) is 0.350. The van der Waals surface area contributed by atoms with Crippen LogP contribution in [0.4, 0.5) is 5.13 Å². The van der Waals surface area contributed by atoms with Crippen LogP contribution in [-0.2, 0) is 16.0 Å². The smallest absolute Gasteiger partial charge is 0.229 e. The zero-order valence-electron chi connectivity index (χ0n) is 15.8. The molecule has 144 valence electrons. The van der Waals surface area contributed by atoms with Gasteiger partial charge < -0.3 is 5.32 Å². The molecular formula is C20H21N5O2S. The normalized spacial score (nSPS) is 16.7. The van der Waals surface area contributed by atoms with Crippen molar-refractivity contribution in [3.8, 4) is 0 Å². The van der Waals surface area contributed by atoms with Crippen LogP contribution in [0.1, 0.15) is 23.6 Å². The molecule has 1 aromatic carbocycles. The lowest BCUT2D eigenvalue weighted by molar-refractivity contribution is -0.126. The molecular weight excluding hydrogens is 374 g/mol. The highest BCUT2D eigenvalue weighted by Gasteiger charge is 2.36. The Morgan fingerprint density at radius 2 is 1.96 bits per heavy atom. The zero-order chi connectivity index (χ0) is 19.7. The molecule has 4 rings (SSSR count). The minimum atomic E-state index is -0.361. The lowest BCUT2D eigenvalue weighted by Gasteiger charge is -2.13. The van der Waals surface area contributed by atoms with Gasteiger partial charge in [0.05, 0.1) is 16.1 Å². The van der Waals surface area contributed by atoms with Crippen LogP contribution < -0.4 is 10.2 Å². The minimum Gasteiger partial charge on any atom is -0.355 e. The molecule has 0 aliphatic carbocycles. The number of thiazole rings is 1. The number of amides is 2. The standard InChI is InChI=1S/C20H21N5O2S/c1-12-9-13(2)23-17(22-12)7-8-21-19(27)14-10-18(26)25(11-14)20-24-15-5-3-4-6-16(15)28-20/h3-6,9,14H,7-8,10-11H2,1-2H3,(H,21,27). The molecule has 0 radical (unpaired) electrons. The van der Waals surface area contributed by atoms with E-state index in [1.165, 1.54) is 11.3 Å². The third kappa shape index (κ3) is 3.87. The molecule has 0 saturated carbocycles. The van der Waals surface area contributed by atoms with Crippen LogP contribution in [0.5, 0.6) is 0 Å². The first-order valence-electron chi connectivity index (χ1n) is 9.24. The fourth-order valence-electron chi connectivity index (χ4n) is 3.40. The van der Waals surface area contributed by atoms with E-state index in [2.05, 4.69) is 20.3 Å². The Morgan fingerprint density at radius 1 is 1.21 bits per heavy atom. The van der Waals surface area contributed by atoms with Gasteiger partial charge in [0.2, 0.25) is 11.8 Å². The summed E-state index contributed by atoms with van der Waals surface area (Å²) in [6, 6.07) is 9.70. The van der Waals surface area contributed by atoms with Gasteiger partial charge in [0, 0.05) is 37.3 Å². The second-order valence-electron chi connectivity index (χ2n) is 6.98. The molecule has 1 unspecified atom stereocenters. The van der Waals surface area contributed by atoms with Crippen LogP contribution in [-0.4, -0.2) is 39.9 Å². The van der Waals surface area contributed by atoms with Crippen LogP contribution >= 0.6 is 11.3 Å². The number of nitrogens with zero attached hydrogens (tertiary/aromatic N) is 4. The number of benzene rings is 1. The first kappa shape index (κ1) is 18.5. The fourth-order valence-corrected chi connectivity index (χ4v) is 4.39. The van der Waals surface area contributed by atoms with E-state index >= 15 is 0 Å². The summed E-state index contributed by atoms with van der Waals surface area (Å²) in [6.45, 7) is 4.67. The maximum absolute atomic E-state index is 12.5. The number of nitrogens with one attached hydrogen (secondary N) is 1. The third-order valence-corrected chi connectivity index (χ3v) is 5.75. The number of fused-ring (bicyclic) bond motifs is 1. The van der Waals surface area contributed by atoms with Gasteiger partial charge in [-0.05, 0) is 32.0 Å². The van der Waals surface area contributed by atoms with E-state index in [1.807, 2.05) is 44.2 Å². The quantitative estimate of drug-likeness (QED) is 0.717. The van der Waals surface area contributed by atoms with Gasteiger partial charge in [-0.3, -0.25) is 14.5 Å². The molecule has 1 atom stereocenters. The summed E-state index contributed by atoms with van der Waals surface area (Å²) >= 11 is 1.48. The van der Waals surface area contributed by atoms with Crippen molar-refractivity contribution >= 4 is 38.5 Å². The molecule has 7 nitrogen and oxygen atoms in total. The molecule has 2 aromatic heterocycles. The molecule has 1 saturated heterocycles. The van der Waals surface area contributed by atoms with Gasteiger partial charge >= 0.3 is 0 Å². The molecule has 2 amide bonds. The van der Waals surface area contributed by atoms with Crippen molar-refractivity contribution in [2.24, 2.45) is 5.92 Å². The van der Waals surface area contributed by atoms with Crippen LogP contribution in [0.15, 0.2) is 30.3 Å². The largest absolute Gasteiger partial charge is 0.355 e. The molecule has 3 aromatic rings. The van der Waals surface area contributed by atoms with Crippen LogP contribution in [0.3, 0.4) is 0 Å². The van der Waals surface area contributed by atoms with E-state index in [0.29, 0.717) is 24.6 Å². The van der Waals surface area contributed by atoms with E-state index in [4.69, 9.17) is 0 Å². The lowest BCUT2D eigenvalue weighted by Crippen LogP contribution is -2.34. The maximum atomic E-state index is 12.5. The number of aromatic nitrogens is 3. The third-order valence-electron chi connectivity index (χ3n) is 4.69. The summed E-state index contributed by atoms with van der Waals surface area (Å²) in [6.07, 6.45) is 0.776. The van der Waals surface area contributed by atoms with E-state index < -0.39 is 0 Å². The van der Waals surface area contributed by atoms with Gasteiger partial charge in [-0.2, -0.15) is 0 Å². The van der Waals surface area contributed by atoms with Crippen molar-refractivity contribution in [2.75, 3.05) is 18.0 Å². The van der Waals surface area contributed by atoms with Gasteiger partial charge in [-0.25, -0.2) is 15.0 Å². The maximum Gasteiger partial charge on any atom is 0.229 e. The Hall–Kier alpha value is -2.87. The Labute approximate surface area is 166 Å². The second kappa shape index (κ2) is 7.63. The molecule has 1 aliphatic heterocycles. The van der Waals surface area contributed by atoms with Crippen molar-refractivity contribution in [3.63, 3.8) is 0 Å². The van der Waals surface area contributed by atoms with Crippen LogP contribution in [0.2, 0.25) is 0 Å². The topological polar surface area (TPSA) is 88.1 Å². The van der Waals surface area contributed by atoms with Gasteiger partial charge in [0.1, 0.15) is 5.82 Å². The molecule has 3 heterocycles. The van der Waals surface area contributed by atoms with Gasteiger partial charge in [0.15, 0.2) is 5.13 Å². The number of anilines is 1. The highest BCUT2D eigenvalue weighted by Crippen LogP contribution is 2.32. The van der Waals surface area contributed by atoms with Gasteiger partial charge in [-0.1, -0.05) is 23.5 Å². The summed E-state index contributed by atoms with van der Waals surface area (Å²) in [4.78, 5) is 39.9. The molecule has 1 aliphatic rings. The number of hydrogen-bond acceptors (Lipinski definition) is 6. The summed E-state index contributed by atoms with van der Waals surface area (Å²) in [5.74, 6) is 0.189. The van der Waals surface area contributed by atoms with Crippen molar-refractivity contribution in [1.29, 1.82) is 0 Å². The number of rotatable bonds is 5. The van der Waals surface area contributed by atoms with E-state index in [1.54, 1.807) is 4.90 Å². The van der Waals surface area contributed by atoms with E-state index in [9.17, 15) is 9.59 Å². The molecule has 0 spiro atoms. The Bertz CT molecular complexity index is 995. The number of para-hydroxylation sites is 1. The number of carbonyl (C=O) groups is 2. The van der Waals surface area contributed by atoms with Crippen LogP contribution in [0, 0.1) is 19.8 Å². The summed E-state index contributed by atoms with van der Waals surface area (Å²) in [7, 11) is 0. The number of aryl methyl sites for hydroxylation is 2. The van der Waals surface area contributed by atoms with Crippen molar-refractivity contribution in [1.82, 2.24) is 20.3 Å². The summed E-state index contributed by atoms with van der Waals surface area (Å²) < 4.78 is 1.03. The van der Waals surface area contributed by atoms with E-state index in [-0.39, 0.29) is 24.2 Å². The average Bonchev–Trinajstić information content (AvgIpc) is 3.24. The molecule has 1 fully saturated rings. The SMILES string of the molecule is Cc1cc(C)nc(CCNC(=O)C2CC(=O)N(c3nc4ccccc4s3)C2)n1. The van der Waals surface area contributed by atoms with Gasteiger partial charge in [0.25, 0.3) is 0 Å². The molecule has 8 heteroatoms. The minimum absolute atomic E-state index is 0.0585. The Morgan fingerprint density at radius 3 is 2.71 bits per heavy atom. The predicted octanol–water partition coefficient (Wildman–Crippen LogP) is 2.41. The van der Waals surface area contributed by atoms with Crippen molar-refractivity contribution in [2.45, 2.75) is 26.7 Å². The van der Waals surface area contributed by atoms with Crippen molar-refractivity contribution in [3.05, 3.63) is 47.5 Å².